The number of aliphatic hydroxyl groups is 2. The summed E-state index contributed by atoms with van der Waals surface area (Å²) in [7, 11) is 2.04. The van der Waals surface area contributed by atoms with Crippen molar-refractivity contribution >= 4 is 17.7 Å². The Balaban J connectivity index is 1.31. The molecule has 0 radical (unpaired) electrons. The van der Waals surface area contributed by atoms with Crippen LogP contribution in [0.1, 0.15) is 102 Å². The van der Waals surface area contributed by atoms with E-state index in [1.165, 1.54) is 0 Å². The number of nitrogens with zero attached hydrogens (tertiary/aromatic N) is 2. The van der Waals surface area contributed by atoms with E-state index in [0.717, 1.165) is 30.5 Å². The highest BCUT2D eigenvalue weighted by molar-refractivity contribution is 6.16. The first kappa shape index (κ1) is 34.0. The second-order valence-electron chi connectivity index (χ2n) is 14.7. The second kappa shape index (κ2) is 12.7. The molecule has 3 aromatic rings. The average molecular weight is 686 g/mol. The Kier molecular flexibility index (Phi) is 8.60. The molecular formula is C38H43N3O9. The molecule has 3 N–H and O–H groups in total. The Morgan fingerprint density at radius 2 is 1.92 bits per heavy atom. The number of ether oxygens (including phenoxy) is 3. The number of benzene rings is 2. The number of carbonyl (C=O) groups excluding carboxylic acids is 3. The molecule has 3 aliphatic carbocycles. The summed E-state index contributed by atoms with van der Waals surface area (Å²) in [6.45, 7) is 8.49. The highest BCUT2D eigenvalue weighted by atomic mass is 16.7. The lowest BCUT2D eigenvalue weighted by atomic mass is 9.58. The largest absolute Gasteiger partial charge is 0.514 e. The van der Waals surface area contributed by atoms with Gasteiger partial charge in [0.25, 0.3) is 5.88 Å². The molecule has 12 nitrogen and oxygen atoms in total. The Labute approximate surface area is 290 Å². The molecule has 0 amide bonds. The third kappa shape index (κ3) is 5.69. The highest BCUT2D eigenvalue weighted by Gasteiger charge is 2.63. The monoisotopic (exact) mass is 685 g/mol. The van der Waals surface area contributed by atoms with Crippen molar-refractivity contribution in [1.29, 1.82) is 0 Å². The van der Waals surface area contributed by atoms with Crippen molar-refractivity contribution in [2.24, 2.45) is 11.8 Å². The summed E-state index contributed by atoms with van der Waals surface area (Å²) in [4.78, 5) is 44.1. The van der Waals surface area contributed by atoms with E-state index in [9.17, 15) is 24.6 Å². The molecule has 1 saturated heterocycles. The molecule has 2 heterocycles. The molecular weight excluding hydrogens is 642 g/mol. The van der Waals surface area contributed by atoms with E-state index in [2.05, 4.69) is 15.4 Å². The summed E-state index contributed by atoms with van der Waals surface area (Å²) in [5, 5.41) is 31.8. The molecule has 264 valence electrons. The van der Waals surface area contributed by atoms with Gasteiger partial charge in [-0.1, -0.05) is 43.3 Å². The van der Waals surface area contributed by atoms with E-state index >= 15 is 0 Å². The molecule has 0 saturated carbocycles. The van der Waals surface area contributed by atoms with Crippen molar-refractivity contribution in [2.75, 3.05) is 20.1 Å². The lowest BCUT2D eigenvalue weighted by Crippen LogP contribution is -2.59. The van der Waals surface area contributed by atoms with Gasteiger partial charge in [0.05, 0.1) is 11.6 Å². The quantitative estimate of drug-likeness (QED) is 0.203. The minimum atomic E-state index is -2.48. The number of fused-ring (bicyclic) bond motifs is 4. The van der Waals surface area contributed by atoms with Crippen molar-refractivity contribution < 1.29 is 43.3 Å². The van der Waals surface area contributed by atoms with Crippen LogP contribution in [0.5, 0.6) is 11.6 Å². The zero-order chi connectivity index (χ0) is 35.5. The number of aromatic nitrogens is 1. The number of nitrogens with one attached hydrogen (secondary N) is 1. The smallest absolute Gasteiger partial charge is 0.508 e. The second-order valence-corrected chi connectivity index (χ2v) is 14.7. The molecule has 5 atom stereocenters. The molecule has 0 bridgehead atoms. The Morgan fingerprint density at radius 3 is 2.60 bits per heavy atom. The predicted molar refractivity (Wildman–Crippen MR) is 180 cm³/mol. The Bertz CT molecular complexity index is 1880. The van der Waals surface area contributed by atoms with Crippen molar-refractivity contribution in [3.63, 3.8) is 0 Å². The van der Waals surface area contributed by atoms with E-state index in [1.807, 2.05) is 50.4 Å². The zero-order valence-corrected chi connectivity index (χ0v) is 28.9. The molecule has 2 aromatic carbocycles. The number of hydrogen-bond donors (Lipinski definition) is 3. The molecule has 1 aliphatic heterocycles. The van der Waals surface area contributed by atoms with Crippen LogP contribution in [0.4, 0.5) is 4.79 Å². The van der Waals surface area contributed by atoms with Crippen LogP contribution in [0.2, 0.25) is 0 Å². The van der Waals surface area contributed by atoms with Crippen LogP contribution < -0.4 is 14.8 Å². The number of aliphatic hydroxyl groups excluding tert-OH is 1. The van der Waals surface area contributed by atoms with Gasteiger partial charge in [-0.3, -0.25) is 14.5 Å². The summed E-state index contributed by atoms with van der Waals surface area (Å²) < 4.78 is 22.8. The van der Waals surface area contributed by atoms with Crippen molar-refractivity contribution in [3.8, 4) is 11.6 Å². The minimum absolute atomic E-state index is 0.0170. The first-order valence-electron chi connectivity index (χ1n) is 17.2. The van der Waals surface area contributed by atoms with Gasteiger partial charge < -0.3 is 34.3 Å². The highest BCUT2D eigenvalue weighted by Crippen LogP contribution is 2.55. The number of ketones is 2. The first-order valence-corrected chi connectivity index (χ1v) is 17.2. The third-order valence-electron chi connectivity index (χ3n) is 10.3. The van der Waals surface area contributed by atoms with Gasteiger partial charge in [0, 0.05) is 17.5 Å². The molecule has 0 spiro atoms. The fourth-order valence-corrected chi connectivity index (χ4v) is 8.14. The zero-order valence-electron chi connectivity index (χ0n) is 28.9. The molecule has 12 heteroatoms. The molecule has 4 aliphatic rings. The average Bonchev–Trinajstić information content (AvgIpc) is 3.69. The Morgan fingerprint density at radius 1 is 1.16 bits per heavy atom. The van der Waals surface area contributed by atoms with Gasteiger partial charge >= 0.3 is 6.16 Å². The number of allylic oxidation sites excluding steroid dienone is 1. The molecule has 1 unspecified atom stereocenters. The number of rotatable bonds is 7. The lowest BCUT2D eigenvalue weighted by molar-refractivity contribution is -0.0403. The van der Waals surface area contributed by atoms with E-state index in [4.69, 9.17) is 18.7 Å². The normalized spacial score (nSPS) is 26.2. The lowest BCUT2D eigenvalue weighted by Gasteiger charge is -2.48. The maximum atomic E-state index is 14.5. The summed E-state index contributed by atoms with van der Waals surface area (Å²) in [5.74, 6) is -3.50. The predicted octanol–water partition coefficient (Wildman–Crippen LogP) is 5.80. The van der Waals surface area contributed by atoms with Gasteiger partial charge in [-0.15, -0.1) is 0 Å². The van der Waals surface area contributed by atoms with E-state index in [1.54, 1.807) is 26.8 Å². The summed E-state index contributed by atoms with van der Waals surface area (Å²) in [6.07, 6.45) is 1.43. The van der Waals surface area contributed by atoms with Crippen LogP contribution >= 0.6 is 0 Å². The van der Waals surface area contributed by atoms with Crippen molar-refractivity contribution in [2.45, 2.75) is 83.3 Å². The maximum absolute atomic E-state index is 14.5. The van der Waals surface area contributed by atoms with Crippen LogP contribution in [0, 0.1) is 11.8 Å². The Hall–Kier alpha value is -4.52. The van der Waals surface area contributed by atoms with Crippen LogP contribution in [-0.2, 0) is 17.8 Å². The van der Waals surface area contributed by atoms with Crippen LogP contribution in [0.25, 0.3) is 0 Å². The van der Waals surface area contributed by atoms with E-state index in [-0.39, 0.29) is 53.2 Å². The van der Waals surface area contributed by atoms with Gasteiger partial charge in [0.1, 0.15) is 29.3 Å². The van der Waals surface area contributed by atoms with Crippen molar-refractivity contribution in [3.05, 3.63) is 87.4 Å². The molecule has 1 aromatic heterocycles. The molecule has 7 rings (SSSR count). The number of hydrogen-bond acceptors (Lipinski definition) is 12. The van der Waals surface area contributed by atoms with Crippen molar-refractivity contribution in [1.82, 2.24) is 15.4 Å². The number of Topliss-reactive ketones (excluding diaryl/α,β-unsaturated/α-hetero) is 2. The number of likely N-dealkylation sites (tertiary alicyclic amines) is 1. The molecule has 1 fully saturated rings. The third-order valence-corrected chi connectivity index (χ3v) is 10.3. The van der Waals surface area contributed by atoms with Gasteiger partial charge in [0.2, 0.25) is 5.78 Å². The fourth-order valence-electron chi connectivity index (χ4n) is 8.14. The van der Waals surface area contributed by atoms with Gasteiger partial charge in [-0.25, -0.2) is 4.79 Å². The van der Waals surface area contributed by atoms with Gasteiger partial charge in [0.15, 0.2) is 17.1 Å². The fraction of sp³-hybridized carbons (Fsp3) is 0.474. The first-order chi connectivity index (χ1) is 23.8. The van der Waals surface area contributed by atoms with E-state index < -0.39 is 52.6 Å². The summed E-state index contributed by atoms with van der Waals surface area (Å²) in [5.41, 5.74) is -0.976. The summed E-state index contributed by atoms with van der Waals surface area (Å²) >= 11 is 0. The van der Waals surface area contributed by atoms with Gasteiger partial charge in [-0.2, -0.15) is 0 Å². The SMILES string of the molecule is CCN[C@@H]1c2onc(OCc3ccccc3)c2C(=O)[C@@]2(O)C(O)=C3C(=O)c4c(cc(C5CCCN5C)cc4OC(=O)OC(C)(C)C)C[C@H]3C[C@@H]12. The van der Waals surface area contributed by atoms with Crippen LogP contribution in [0.15, 0.2) is 58.3 Å². The topological polar surface area (TPSA) is 161 Å². The number of carbonyl (C=O) groups is 3. The molecule has 50 heavy (non-hydrogen) atoms. The van der Waals surface area contributed by atoms with Crippen LogP contribution in [-0.4, -0.2) is 69.3 Å². The summed E-state index contributed by atoms with van der Waals surface area (Å²) in [6, 6.07) is 12.3. The maximum Gasteiger partial charge on any atom is 0.514 e. The minimum Gasteiger partial charge on any atom is -0.508 e. The van der Waals surface area contributed by atoms with Crippen LogP contribution in [0.3, 0.4) is 0 Å². The van der Waals surface area contributed by atoms with Gasteiger partial charge in [-0.05, 0) is 100 Å². The van der Waals surface area contributed by atoms with E-state index in [0.29, 0.717) is 18.5 Å². The standard InChI is InChI=1S/C38H43N3O9/c1-6-39-30-24-17-23-16-22-15-21(25-13-10-14-41(25)5)18-26(48-36(45)49-37(2,3)4)27(22)31(42)28(23)33(43)38(24,46)34(44)29-32(30)50-40-35(29)47-19-20-11-8-7-9-12-20/h7-9,11-12,15,18,23-25,30,39,43,46H,6,10,13-14,16-17,19H2,1-5H3/t23-,24-,25?,30-,38-/m0/s1.